The molecule has 1 N–H and O–H groups in total. The molecule has 4 aliphatic rings. The minimum atomic E-state index is -3.16. The van der Waals surface area contributed by atoms with Gasteiger partial charge in [0.1, 0.15) is 11.6 Å². The number of hydrogen-bond donors (Lipinski definition) is 1. The van der Waals surface area contributed by atoms with Gasteiger partial charge in [0.25, 0.3) is 0 Å². The van der Waals surface area contributed by atoms with Crippen LogP contribution in [0.4, 0.5) is 5.69 Å². The zero-order valence-electron chi connectivity index (χ0n) is 24.8. The molecule has 1 amide bonds. The van der Waals surface area contributed by atoms with Crippen LogP contribution in [-0.4, -0.2) is 97.8 Å². The highest BCUT2D eigenvalue weighted by Crippen LogP contribution is 2.92. The quantitative estimate of drug-likeness (QED) is 0.430. The largest absolute Gasteiger partial charge is 0.367 e. The Bertz CT molecular complexity index is 1620. The molecule has 4 fully saturated rings. The van der Waals surface area contributed by atoms with E-state index in [1.54, 1.807) is 0 Å². The molecule has 3 saturated carbocycles. The van der Waals surface area contributed by atoms with Crippen molar-refractivity contribution in [3.05, 3.63) is 48.5 Å². The summed E-state index contributed by atoms with van der Waals surface area (Å²) in [6, 6.07) is 10.7. The molecule has 1 aromatic carbocycles. The van der Waals surface area contributed by atoms with E-state index in [0.717, 1.165) is 81.4 Å². The number of piperazine rings is 1. The maximum atomic E-state index is 12.5. The van der Waals surface area contributed by atoms with Crippen molar-refractivity contribution in [1.29, 1.82) is 0 Å². The third kappa shape index (κ3) is 4.79. The number of sulfonamides is 1. The van der Waals surface area contributed by atoms with Crippen LogP contribution in [0.1, 0.15) is 37.9 Å². The SMILES string of the molecule is CN(C)CC(=O)N1CCN(c2cccc3c2ccn3-c2ccnc(CC34CC3C43CCC(NS(C)(=O)=O)CC3)n2)CC1. The second kappa shape index (κ2) is 10.0. The molecule has 0 radical (unpaired) electrons. The van der Waals surface area contributed by atoms with Gasteiger partial charge in [-0.1, -0.05) is 6.07 Å². The molecule has 1 saturated heterocycles. The summed E-state index contributed by atoms with van der Waals surface area (Å²) in [6.07, 6.45) is 11.4. The number of rotatable bonds is 8. The topological polar surface area (TPSA) is 104 Å². The first-order chi connectivity index (χ1) is 20.1. The first-order valence-electron chi connectivity index (χ1n) is 15.2. The van der Waals surface area contributed by atoms with Crippen molar-refractivity contribution in [3.63, 3.8) is 0 Å². The van der Waals surface area contributed by atoms with E-state index >= 15 is 0 Å². The second-order valence-corrected chi connectivity index (χ2v) is 15.0. The molecule has 3 aromatic rings. The number of benzene rings is 1. The predicted molar refractivity (Wildman–Crippen MR) is 163 cm³/mol. The minimum Gasteiger partial charge on any atom is -0.367 e. The second-order valence-electron chi connectivity index (χ2n) is 13.2. The van der Waals surface area contributed by atoms with Crippen LogP contribution in [0.5, 0.6) is 0 Å². The molecule has 0 bridgehead atoms. The fourth-order valence-corrected chi connectivity index (χ4v) is 9.11. The molecule has 224 valence electrons. The van der Waals surface area contributed by atoms with E-state index < -0.39 is 10.0 Å². The number of carbonyl (C=O) groups excluding carboxylic acids is 1. The van der Waals surface area contributed by atoms with Crippen LogP contribution < -0.4 is 9.62 Å². The highest BCUT2D eigenvalue weighted by Gasteiger charge is 2.87. The summed E-state index contributed by atoms with van der Waals surface area (Å²) in [5, 5.41) is 1.19. The molecular formula is C31H41N7O3S. The van der Waals surface area contributed by atoms with Gasteiger partial charge < -0.3 is 19.3 Å². The molecule has 2 unspecified atom stereocenters. The highest BCUT2D eigenvalue weighted by atomic mass is 32.2. The number of amides is 1. The smallest absolute Gasteiger partial charge is 0.236 e. The van der Waals surface area contributed by atoms with Crippen molar-refractivity contribution >= 4 is 32.5 Å². The molecular weight excluding hydrogens is 550 g/mol. The molecule has 2 atom stereocenters. The fraction of sp³-hybridized carbons (Fsp3) is 0.581. The number of aromatic nitrogens is 3. The van der Waals surface area contributed by atoms with Gasteiger partial charge in [-0.3, -0.25) is 4.79 Å². The lowest BCUT2D eigenvalue weighted by Gasteiger charge is -2.36. The average molecular weight is 592 g/mol. The van der Waals surface area contributed by atoms with Crippen molar-refractivity contribution in [2.75, 3.05) is 58.0 Å². The molecule has 1 aliphatic heterocycles. The van der Waals surface area contributed by atoms with E-state index in [9.17, 15) is 13.2 Å². The van der Waals surface area contributed by atoms with E-state index in [4.69, 9.17) is 9.97 Å². The Morgan fingerprint density at radius 2 is 1.86 bits per heavy atom. The van der Waals surface area contributed by atoms with E-state index in [1.807, 2.05) is 36.2 Å². The number of carbonyl (C=O) groups is 1. The lowest BCUT2D eigenvalue weighted by atomic mass is 9.73. The first-order valence-corrected chi connectivity index (χ1v) is 17.0. The lowest BCUT2D eigenvalue weighted by Crippen LogP contribution is -2.50. The Hall–Kier alpha value is -3.02. The van der Waals surface area contributed by atoms with Gasteiger partial charge in [0.05, 0.1) is 18.3 Å². The number of hydrogen-bond acceptors (Lipinski definition) is 7. The van der Waals surface area contributed by atoms with Crippen LogP contribution in [0.25, 0.3) is 16.7 Å². The number of likely N-dealkylation sites (N-methyl/N-ethyl adjacent to an activating group) is 1. The van der Waals surface area contributed by atoms with Crippen molar-refractivity contribution in [2.45, 2.75) is 44.6 Å². The number of nitrogens with one attached hydrogen (secondary N) is 1. The lowest BCUT2D eigenvalue weighted by molar-refractivity contribution is -0.132. The summed E-state index contributed by atoms with van der Waals surface area (Å²) >= 11 is 0. The third-order valence-corrected chi connectivity index (χ3v) is 11.2. The maximum absolute atomic E-state index is 12.5. The summed E-state index contributed by atoms with van der Waals surface area (Å²) in [5.74, 6) is 2.72. The molecule has 1 spiro atoms. The molecule has 42 heavy (non-hydrogen) atoms. The highest BCUT2D eigenvalue weighted by molar-refractivity contribution is 7.88. The Labute approximate surface area is 248 Å². The van der Waals surface area contributed by atoms with Crippen LogP contribution >= 0.6 is 0 Å². The maximum Gasteiger partial charge on any atom is 0.236 e. The first kappa shape index (κ1) is 27.8. The van der Waals surface area contributed by atoms with Gasteiger partial charge in [-0.05, 0) is 87.2 Å². The normalized spacial score (nSPS) is 28.9. The zero-order chi connectivity index (χ0) is 29.3. The third-order valence-electron chi connectivity index (χ3n) is 10.5. The van der Waals surface area contributed by atoms with Gasteiger partial charge >= 0.3 is 0 Å². The van der Waals surface area contributed by atoms with Crippen molar-refractivity contribution < 1.29 is 13.2 Å². The van der Waals surface area contributed by atoms with Gasteiger partial charge in [-0.25, -0.2) is 23.1 Å². The summed E-state index contributed by atoms with van der Waals surface area (Å²) < 4.78 is 28.3. The fourth-order valence-electron chi connectivity index (χ4n) is 8.27. The predicted octanol–water partition coefficient (Wildman–Crippen LogP) is 2.67. The van der Waals surface area contributed by atoms with E-state index in [0.29, 0.717) is 17.4 Å². The molecule has 11 heteroatoms. The van der Waals surface area contributed by atoms with E-state index in [1.165, 1.54) is 23.8 Å². The molecule has 2 aromatic heterocycles. The van der Waals surface area contributed by atoms with Crippen LogP contribution in [0.15, 0.2) is 42.7 Å². The van der Waals surface area contributed by atoms with E-state index in [-0.39, 0.29) is 11.9 Å². The zero-order valence-corrected chi connectivity index (χ0v) is 25.6. The van der Waals surface area contributed by atoms with Crippen LogP contribution in [-0.2, 0) is 21.2 Å². The summed E-state index contributed by atoms with van der Waals surface area (Å²) in [6.45, 7) is 3.55. The average Bonchev–Trinajstić information content (AvgIpc) is 3.72. The Kier molecular flexibility index (Phi) is 6.63. The minimum absolute atomic E-state index is 0.0728. The van der Waals surface area contributed by atoms with Crippen molar-refractivity contribution in [3.8, 4) is 5.82 Å². The standard InChI is InChI=1S/C31H41N7O3S/c1-35(2)21-29(39)37-17-15-36(16-18-37)24-5-4-6-25-23(24)10-14-38(25)28-9-13-32-27(33-28)20-31-19-26(31)30(31)11-7-22(8-12-30)34-42(3,40)41/h4-6,9-10,13-14,22,26,34H,7-8,11-12,15-21H2,1-3H3. The Balaban J connectivity index is 1.04. The molecule has 7 rings (SSSR count). The van der Waals surface area contributed by atoms with Crippen LogP contribution in [0, 0.1) is 16.7 Å². The number of fused-ring (bicyclic) bond motifs is 4. The van der Waals surface area contributed by atoms with Gasteiger partial charge in [0.15, 0.2) is 0 Å². The van der Waals surface area contributed by atoms with Crippen molar-refractivity contribution in [1.82, 2.24) is 29.1 Å². The molecule has 3 aliphatic carbocycles. The number of nitrogens with zero attached hydrogens (tertiary/aromatic N) is 6. The monoisotopic (exact) mass is 591 g/mol. The van der Waals surface area contributed by atoms with Crippen molar-refractivity contribution in [2.24, 2.45) is 16.7 Å². The molecule has 3 heterocycles. The summed E-state index contributed by atoms with van der Waals surface area (Å²) in [4.78, 5) is 28.5. The summed E-state index contributed by atoms with van der Waals surface area (Å²) in [7, 11) is 0.702. The van der Waals surface area contributed by atoms with Gasteiger partial charge in [0, 0.05) is 62.1 Å². The molecule has 10 nitrogen and oxygen atoms in total. The van der Waals surface area contributed by atoms with E-state index in [2.05, 4.69) is 44.7 Å². The van der Waals surface area contributed by atoms with Gasteiger partial charge in [-0.15, -0.1) is 0 Å². The van der Waals surface area contributed by atoms with Gasteiger partial charge in [-0.2, -0.15) is 0 Å². The Morgan fingerprint density at radius 3 is 2.55 bits per heavy atom. The summed E-state index contributed by atoms with van der Waals surface area (Å²) in [5.41, 5.74) is 2.98. The van der Waals surface area contributed by atoms with Crippen LogP contribution in [0.3, 0.4) is 0 Å². The Morgan fingerprint density at radius 1 is 1.10 bits per heavy atom. The van der Waals surface area contributed by atoms with Crippen LogP contribution in [0.2, 0.25) is 0 Å². The van der Waals surface area contributed by atoms with Gasteiger partial charge in [0.2, 0.25) is 15.9 Å². The number of anilines is 1.